The number of rotatable bonds is 5. The number of para-hydroxylation sites is 1. The zero-order valence-corrected chi connectivity index (χ0v) is 15.4. The number of nitrogens with two attached hydrogens (primary N) is 1. The Hall–Kier alpha value is -2.67. The van der Waals surface area contributed by atoms with Crippen LogP contribution < -0.4 is 11.1 Å². The van der Waals surface area contributed by atoms with Gasteiger partial charge >= 0.3 is 0 Å². The van der Waals surface area contributed by atoms with Gasteiger partial charge in [-0.15, -0.1) is 0 Å². The molecule has 3 N–H and O–H groups in total. The summed E-state index contributed by atoms with van der Waals surface area (Å²) in [5.41, 5.74) is 8.30. The fraction of sp³-hybridized carbons (Fsp3) is 0.316. The Morgan fingerprint density at radius 1 is 1.27 bits per heavy atom. The van der Waals surface area contributed by atoms with Crippen molar-refractivity contribution >= 4 is 28.1 Å². The number of nitrogens with one attached hydrogen (secondary N) is 1. The van der Waals surface area contributed by atoms with Crippen LogP contribution in [0.4, 0.5) is 10.9 Å². The predicted octanol–water partition coefficient (Wildman–Crippen LogP) is 3.80. The number of hydrogen-bond donors (Lipinski definition) is 2. The Balaban J connectivity index is 1.60. The summed E-state index contributed by atoms with van der Waals surface area (Å²) < 4.78 is 1.77. The standard InChI is InChI=1S/C19H21N5OS/c1-12-15(11-21-24(12)14-9-3-2-4-10-14)16(25)17-18(20)23-19(26-17)22-13-7-5-6-8-13/h2-4,9-11,13H,5-8,20H2,1H3,(H,22,23). The summed E-state index contributed by atoms with van der Waals surface area (Å²) in [7, 11) is 0. The van der Waals surface area contributed by atoms with Gasteiger partial charge in [0, 0.05) is 6.04 Å². The summed E-state index contributed by atoms with van der Waals surface area (Å²) in [5.74, 6) is 0.159. The van der Waals surface area contributed by atoms with Gasteiger partial charge in [0.2, 0.25) is 5.78 Å². The highest BCUT2D eigenvalue weighted by Gasteiger charge is 2.24. The van der Waals surface area contributed by atoms with E-state index in [9.17, 15) is 4.79 Å². The van der Waals surface area contributed by atoms with Gasteiger partial charge in [-0.25, -0.2) is 9.67 Å². The number of benzene rings is 1. The lowest BCUT2D eigenvalue weighted by Gasteiger charge is -2.09. The van der Waals surface area contributed by atoms with E-state index < -0.39 is 0 Å². The topological polar surface area (TPSA) is 85.8 Å². The number of carbonyl (C=O) groups excluding carboxylic acids is 1. The molecule has 134 valence electrons. The van der Waals surface area contributed by atoms with Crippen molar-refractivity contribution < 1.29 is 4.79 Å². The molecule has 1 saturated carbocycles. The molecule has 0 unspecified atom stereocenters. The first kappa shape index (κ1) is 16.8. The second kappa shape index (κ2) is 6.92. The fourth-order valence-electron chi connectivity index (χ4n) is 3.39. The highest BCUT2D eigenvalue weighted by Crippen LogP contribution is 2.31. The molecule has 0 atom stereocenters. The van der Waals surface area contributed by atoms with Crippen LogP contribution >= 0.6 is 11.3 Å². The lowest BCUT2D eigenvalue weighted by molar-refractivity contribution is 0.104. The fourth-order valence-corrected chi connectivity index (χ4v) is 4.30. The quantitative estimate of drug-likeness (QED) is 0.670. The molecule has 26 heavy (non-hydrogen) atoms. The first-order valence-electron chi connectivity index (χ1n) is 8.81. The second-order valence-corrected chi connectivity index (χ2v) is 7.58. The number of thiazole rings is 1. The number of carbonyl (C=O) groups is 1. The van der Waals surface area contributed by atoms with E-state index in [4.69, 9.17) is 5.73 Å². The van der Waals surface area contributed by atoms with Crippen LogP contribution in [0.2, 0.25) is 0 Å². The van der Waals surface area contributed by atoms with Crippen LogP contribution in [0, 0.1) is 6.92 Å². The van der Waals surface area contributed by atoms with Crippen molar-refractivity contribution in [2.75, 3.05) is 11.1 Å². The van der Waals surface area contributed by atoms with Gasteiger partial charge in [0.05, 0.1) is 23.1 Å². The number of nitrogen functional groups attached to an aromatic ring is 1. The van der Waals surface area contributed by atoms with Gasteiger partial charge in [0.15, 0.2) is 5.13 Å². The van der Waals surface area contributed by atoms with Gasteiger partial charge in [-0.05, 0) is 31.9 Å². The highest BCUT2D eigenvalue weighted by molar-refractivity contribution is 7.18. The molecule has 0 radical (unpaired) electrons. The van der Waals surface area contributed by atoms with Crippen LogP contribution in [-0.4, -0.2) is 26.6 Å². The lowest BCUT2D eigenvalue weighted by atomic mass is 10.1. The van der Waals surface area contributed by atoms with E-state index >= 15 is 0 Å². The average molecular weight is 367 g/mol. The molecule has 6 nitrogen and oxygen atoms in total. The average Bonchev–Trinajstić information content (AvgIpc) is 3.36. The van der Waals surface area contributed by atoms with Crippen LogP contribution in [0.3, 0.4) is 0 Å². The summed E-state index contributed by atoms with van der Waals surface area (Å²) in [6, 6.07) is 10.2. The molecule has 1 aromatic carbocycles. The largest absolute Gasteiger partial charge is 0.382 e. The van der Waals surface area contributed by atoms with Crippen LogP contribution in [0.5, 0.6) is 0 Å². The third kappa shape index (κ3) is 3.10. The van der Waals surface area contributed by atoms with Crippen molar-refractivity contribution in [3.05, 3.63) is 52.7 Å². The van der Waals surface area contributed by atoms with Crippen molar-refractivity contribution in [2.45, 2.75) is 38.6 Å². The molecule has 0 bridgehead atoms. The van der Waals surface area contributed by atoms with Crippen molar-refractivity contribution in [1.82, 2.24) is 14.8 Å². The zero-order valence-electron chi connectivity index (χ0n) is 14.6. The summed E-state index contributed by atoms with van der Waals surface area (Å²) >= 11 is 1.33. The molecule has 0 amide bonds. The Labute approximate surface area is 156 Å². The van der Waals surface area contributed by atoms with Crippen molar-refractivity contribution in [1.29, 1.82) is 0 Å². The smallest absolute Gasteiger partial charge is 0.210 e. The molecule has 0 aliphatic heterocycles. The minimum atomic E-state index is -0.126. The molecular formula is C19H21N5OS. The van der Waals surface area contributed by atoms with E-state index in [1.807, 2.05) is 37.3 Å². The third-order valence-electron chi connectivity index (χ3n) is 4.80. The molecule has 0 saturated heterocycles. The minimum Gasteiger partial charge on any atom is -0.382 e. The Morgan fingerprint density at radius 2 is 2.00 bits per heavy atom. The summed E-state index contributed by atoms with van der Waals surface area (Å²) in [5, 5.41) is 8.51. The van der Waals surface area contributed by atoms with Gasteiger partial charge in [-0.1, -0.05) is 42.4 Å². The molecule has 1 aliphatic rings. The summed E-state index contributed by atoms with van der Waals surface area (Å²) in [4.78, 5) is 17.8. The molecule has 2 heterocycles. The summed E-state index contributed by atoms with van der Waals surface area (Å²) in [6.45, 7) is 1.89. The van der Waals surface area contributed by atoms with Gasteiger partial charge in [0.25, 0.3) is 0 Å². The van der Waals surface area contributed by atoms with Gasteiger partial charge in [-0.3, -0.25) is 4.79 Å². The van der Waals surface area contributed by atoms with Gasteiger partial charge < -0.3 is 11.1 Å². The van der Waals surface area contributed by atoms with Crippen LogP contribution in [0.15, 0.2) is 36.5 Å². The Bertz CT molecular complexity index is 925. The molecular weight excluding hydrogens is 346 g/mol. The predicted molar refractivity (Wildman–Crippen MR) is 104 cm³/mol. The van der Waals surface area contributed by atoms with Gasteiger partial charge in [0.1, 0.15) is 10.7 Å². The first-order chi connectivity index (χ1) is 12.6. The van der Waals surface area contributed by atoms with E-state index in [0.29, 0.717) is 16.5 Å². The van der Waals surface area contributed by atoms with Gasteiger partial charge in [-0.2, -0.15) is 5.10 Å². The molecule has 7 heteroatoms. The number of hydrogen-bond acceptors (Lipinski definition) is 6. The second-order valence-electron chi connectivity index (χ2n) is 6.58. The monoisotopic (exact) mass is 367 g/mol. The number of ketones is 1. The molecule has 4 rings (SSSR count). The number of aromatic nitrogens is 3. The number of anilines is 2. The highest BCUT2D eigenvalue weighted by atomic mass is 32.1. The molecule has 0 spiro atoms. The lowest BCUT2D eigenvalue weighted by Crippen LogP contribution is -2.14. The van der Waals surface area contributed by atoms with Crippen LogP contribution in [0.1, 0.15) is 46.6 Å². The van der Waals surface area contributed by atoms with Crippen LogP contribution in [-0.2, 0) is 0 Å². The van der Waals surface area contributed by atoms with E-state index in [2.05, 4.69) is 15.4 Å². The Morgan fingerprint density at radius 3 is 2.73 bits per heavy atom. The maximum Gasteiger partial charge on any atom is 0.210 e. The molecule has 1 aliphatic carbocycles. The number of nitrogens with zero attached hydrogens (tertiary/aromatic N) is 3. The van der Waals surface area contributed by atoms with E-state index in [1.165, 1.54) is 24.2 Å². The zero-order chi connectivity index (χ0) is 18.1. The molecule has 1 fully saturated rings. The van der Waals surface area contributed by atoms with Crippen molar-refractivity contribution in [3.8, 4) is 5.69 Å². The first-order valence-corrected chi connectivity index (χ1v) is 9.62. The SMILES string of the molecule is Cc1c(C(=O)c2sc(NC3CCCC3)nc2N)cnn1-c1ccccc1. The maximum atomic E-state index is 13.0. The van der Waals surface area contributed by atoms with Crippen molar-refractivity contribution in [2.24, 2.45) is 0 Å². The van der Waals surface area contributed by atoms with E-state index in [1.54, 1.807) is 10.9 Å². The van der Waals surface area contributed by atoms with Crippen LogP contribution in [0.25, 0.3) is 5.69 Å². The molecule has 3 aromatic rings. The summed E-state index contributed by atoms with van der Waals surface area (Å²) in [6.07, 6.45) is 6.37. The van der Waals surface area contributed by atoms with E-state index in [0.717, 1.165) is 29.4 Å². The Kier molecular flexibility index (Phi) is 4.46. The molecule has 2 aromatic heterocycles. The van der Waals surface area contributed by atoms with Crippen molar-refractivity contribution in [3.63, 3.8) is 0 Å². The third-order valence-corrected chi connectivity index (χ3v) is 5.80. The maximum absolute atomic E-state index is 13.0. The minimum absolute atomic E-state index is 0.126. The normalized spacial score (nSPS) is 14.7. The van der Waals surface area contributed by atoms with E-state index in [-0.39, 0.29) is 11.6 Å².